The Kier molecular flexibility index (Phi) is 6.67. The summed E-state index contributed by atoms with van der Waals surface area (Å²) < 4.78 is 5.39. The monoisotopic (exact) mass is 310 g/mol. The first-order chi connectivity index (χ1) is 10.3. The fourth-order valence-electron chi connectivity index (χ4n) is 2.72. The number of carbonyl (C=O) groups is 1. The standard InChI is InChI=1S/C16H26N2O2S/c1-3-5-7-14-16(19)18(9-6-10-20-4-2)15(17-14)13-8-11-21-12-13/h8,11-12,14-15,17H,3-7,9-10H2,1-2H3. The summed E-state index contributed by atoms with van der Waals surface area (Å²) in [7, 11) is 0. The van der Waals surface area contributed by atoms with Gasteiger partial charge in [-0.25, -0.2) is 0 Å². The molecule has 1 aliphatic rings. The van der Waals surface area contributed by atoms with Crippen molar-refractivity contribution < 1.29 is 9.53 Å². The molecule has 1 amide bonds. The van der Waals surface area contributed by atoms with Crippen molar-refractivity contribution in [1.82, 2.24) is 10.2 Å². The zero-order valence-electron chi connectivity index (χ0n) is 13.0. The van der Waals surface area contributed by atoms with Crippen molar-refractivity contribution in [2.75, 3.05) is 19.8 Å². The highest BCUT2D eigenvalue weighted by atomic mass is 32.1. The lowest BCUT2D eigenvalue weighted by atomic mass is 10.1. The van der Waals surface area contributed by atoms with Crippen LogP contribution in [0, 0.1) is 0 Å². The number of hydrogen-bond acceptors (Lipinski definition) is 4. The summed E-state index contributed by atoms with van der Waals surface area (Å²) in [5.41, 5.74) is 1.20. The molecule has 0 saturated carbocycles. The minimum absolute atomic E-state index is 0.0260. The molecule has 0 bridgehead atoms. The molecule has 2 unspecified atom stereocenters. The van der Waals surface area contributed by atoms with Gasteiger partial charge in [-0.15, -0.1) is 0 Å². The Bertz CT molecular complexity index is 422. The average molecular weight is 310 g/mol. The van der Waals surface area contributed by atoms with Gasteiger partial charge in [-0.05, 0) is 42.2 Å². The van der Waals surface area contributed by atoms with E-state index >= 15 is 0 Å². The molecule has 0 aliphatic carbocycles. The quantitative estimate of drug-likeness (QED) is 0.712. The maximum Gasteiger partial charge on any atom is 0.241 e. The van der Waals surface area contributed by atoms with Crippen molar-refractivity contribution in [3.8, 4) is 0 Å². The highest BCUT2D eigenvalue weighted by Gasteiger charge is 2.38. The van der Waals surface area contributed by atoms with Gasteiger partial charge in [0.05, 0.1) is 6.04 Å². The van der Waals surface area contributed by atoms with Crippen LogP contribution in [0.5, 0.6) is 0 Å². The third kappa shape index (κ3) is 4.28. The maximum atomic E-state index is 12.6. The van der Waals surface area contributed by atoms with Gasteiger partial charge in [0.1, 0.15) is 6.17 Å². The maximum absolute atomic E-state index is 12.6. The van der Waals surface area contributed by atoms with Gasteiger partial charge in [-0.2, -0.15) is 11.3 Å². The molecule has 1 fully saturated rings. The first kappa shape index (κ1) is 16.5. The third-order valence-electron chi connectivity index (χ3n) is 3.85. The Morgan fingerprint density at radius 3 is 2.90 bits per heavy atom. The number of hydrogen-bond donors (Lipinski definition) is 1. The van der Waals surface area contributed by atoms with E-state index in [1.165, 1.54) is 5.56 Å². The minimum atomic E-state index is -0.0260. The first-order valence-electron chi connectivity index (χ1n) is 7.94. The Labute approximate surface area is 131 Å². The van der Waals surface area contributed by atoms with Crippen LogP contribution in [0.1, 0.15) is 51.3 Å². The van der Waals surface area contributed by atoms with Crippen LogP contribution in [0.4, 0.5) is 0 Å². The van der Waals surface area contributed by atoms with Crippen molar-refractivity contribution in [1.29, 1.82) is 0 Å². The van der Waals surface area contributed by atoms with Gasteiger partial charge in [0, 0.05) is 19.8 Å². The third-order valence-corrected chi connectivity index (χ3v) is 4.55. The number of amides is 1. The van der Waals surface area contributed by atoms with Gasteiger partial charge >= 0.3 is 0 Å². The molecular weight excluding hydrogens is 284 g/mol. The van der Waals surface area contributed by atoms with Gasteiger partial charge in [0.25, 0.3) is 0 Å². The summed E-state index contributed by atoms with van der Waals surface area (Å²) in [6, 6.07) is 2.08. The molecule has 1 N–H and O–H groups in total. The lowest BCUT2D eigenvalue weighted by Gasteiger charge is -2.23. The first-order valence-corrected chi connectivity index (χ1v) is 8.88. The van der Waals surface area contributed by atoms with Gasteiger partial charge in [0.2, 0.25) is 5.91 Å². The molecule has 0 spiro atoms. The lowest BCUT2D eigenvalue weighted by Crippen LogP contribution is -2.32. The number of rotatable bonds is 9. The van der Waals surface area contributed by atoms with E-state index in [4.69, 9.17) is 4.74 Å². The molecule has 1 aromatic rings. The molecule has 2 atom stereocenters. The van der Waals surface area contributed by atoms with Gasteiger partial charge in [-0.1, -0.05) is 19.8 Å². The molecule has 0 aromatic carbocycles. The SMILES string of the molecule is CCCCC1NC(c2ccsc2)N(CCCOCC)C1=O. The Morgan fingerprint density at radius 2 is 2.24 bits per heavy atom. The molecule has 21 heavy (non-hydrogen) atoms. The van der Waals surface area contributed by atoms with Crippen molar-refractivity contribution in [3.63, 3.8) is 0 Å². The van der Waals surface area contributed by atoms with E-state index in [1.54, 1.807) is 11.3 Å². The molecule has 1 aliphatic heterocycles. The van der Waals surface area contributed by atoms with E-state index in [1.807, 2.05) is 11.8 Å². The summed E-state index contributed by atoms with van der Waals surface area (Å²) in [6.45, 7) is 6.37. The number of unbranched alkanes of at least 4 members (excludes halogenated alkanes) is 1. The molecule has 5 heteroatoms. The zero-order chi connectivity index (χ0) is 15.1. The van der Waals surface area contributed by atoms with Crippen LogP contribution in [0.15, 0.2) is 16.8 Å². The molecule has 1 saturated heterocycles. The summed E-state index contributed by atoms with van der Waals surface area (Å²) in [6.07, 6.45) is 4.07. The van der Waals surface area contributed by atoms with Crippen LogP contribution in [-0.2, 0) is 9.53 Å². The highest BCUT2D eigenvalue weighted by Crippen LogP contribution is 2.28. The van der Waals surface area contributed by atoms with E-state index in [0.717, 1.165) is 45.4 Å². The summed E-state index contributed by atoms with van der Waals surface area (Å²) in [5.74, 6) is 0.246. The van der Waals surface area contributed by atoms with Gasteiger partial charge < -0.3 is 9.64 Å². The zero-order valence-corrected chi connectivity index (χ0v) is 13.8. The van der Waals surface area contributed by atoms with Crippen molar-refractivity contribution in [3.05, 3.63) is 22.4 Å². The Morgan fingerprint density at radius 1 is 1.38 bits per heavy atom. The Hall–Kier alpha value is -0.910. The number of ether oxygens (including phenoxy) is 1. The van der Waals surface area contributed by atoms with Crippen LogP contribution in [0.25, 0.3) is 0 Å². The molecule has 4 nitrogen and oxygen atoms in total. The van der Waals surface area contributed by atoms with Gasteiger partial charge in [-0.3, -0.25) is 10.1 Å². The van der Waals surface area contributed by atoms with E-state index in [-0.39, 0.29) is 18.1 Å². The van der Waals surface area contributed by atoms with Crippen LogP contribution in [0.2, 0.25) is 0 Å². The fraction of sp³-hybridized carbons (Fsp3) is 0.688. The second kappa shape index (κ2) is 8.51. The predicted octanol–water partition coefficient (Wildman–Crippen LogP) is 3.16. The lowest BCUT2D eigenvalue weighted by molar-refractivity contribution is -0.130. The summed E-state index contributed by atoms with van der Waals surface area (Å²) in [4.78, 5) is 14.6. The van der Waals surface area contributed by atoms with Crippen molar-refractivity contribution in [2.24, 2.45) is 0 Å². The molecule has 118 valence electrons. The molecule has 2 rings (SSSR count). The predicted molar refractivity (Wildman–Crippen MR) is 86.3 cm³/mol. The van der Waals surface area contributed by atoms with E-state index in [2.05, 4.69) is 29.1 Å². The normalized spacial score (nSPS) is 22.2. The highest BCUT2D eigenvalue weighted by molar-refractivity contribution is 7.07. The molecule has 0 radical (unpaired) electrons. The van der Waals surface area contributed by atoms with Crippen LogP contribution >= 0.6 is 11.3 Å². The van der Waals surface area contributed by atoms with Crippen LogP contribution in [0.3, 0.4) is 0 Å². The summed E-state index contributed by atoms with van der Waals surface area (Å²) in [5, 5.41) is 7.71. The molecular formula is C16H26N2O2S. The van der Waals surface area contributed by atoms with E-state index < -0.39 is 0 Å². The van der Waals surface area contributed by atoms with Gasteiger partial charge in [0.15, 0.2) is 0 Å². The molecule has 1 aromatic heterocycles. The second-order valence-corrected chi connectivity index (χ2v) is 6.18. The number of carbonyl (C=O) groups excluding carboxylic acids is 1. The largest absolute Gasteiger partial charge is 0.382 e. The smallest absolute Gasteiger partial charge is 0.241 e. The topological polar surface area (TPSA) is 41.6 Å². The van der Waals surface area contributed by atoms with E-state index in [9.17, 15) is 4.79 Å². The fourth-order valence-corrected chi connectivity index (χ4v) is 3.40. The number of thiophene rings is 1. The van der Waals surface area contributed by atoms with Crippen LogP contribution < -0.4 is 5.32 Å². The Balaban J connectivity index is 1.99. The van der Waals surface area contributed by atoms with Crippen molar-refractivity contribution >= 4 is 17.2 Å². The molecule has 2 heterocycles. The summed E-state index contributed by atoms with van der Waals surface area (Å²) >= 11 is 1.68. The van der Waals surface area contributed by atoms with E-state index in [0.29, 0.717) is 0 Å². The van der Waals surface area contributed by atoms with Crippen LogP contribution in [-0.4, -0.2) is 36.6 Å². The number of nitrogens with zero attached hydrogens (tertiary/aromatic N) is 1. The van der Waals surface area contributed by atoms with Crippen molar-refractivity contribution in [2.45, 2.75) is 51.7 Å². The average Bonchev–Trinajstić information content (AvgIpc) is 3.11. The second-order valence-electron chi connectivity index (χ2n) is 5.40. The minimum Gasteiger partial charge on any atom is -0.382 e. The number of nitrogens with one attached hydrogen (secondary N) is 1.